The maximum Gasteiger partial charge on any atom is 0.0527 e. The van der Waals surface area contributed by atoms with E-state index in [0.717, 1.165) is 10.6 Å². The Balaban J connectivity index is 2.93. The number of nitrogens with zero attached hydrogens (tertiary/aromatic N) is 1. The Bertz CT molecular complexity index is 609. The molecule has 2 N–H and O–H groups in total. The molecule has 0 fully saturated rings. The maximum absolute atomic E-state index is 6.23. The summed E-state index contributed by atoms with van der Waals surface area (Å²) in [4.78, 5) is 0. The Hall–Kier alpha value is -0.990. The van der Waals surface area contributed by atoms with Crippen LogP contribution in [0.1, 0.15) is 30.7 Å². The van der Waals surface area contributed by atoms with Gasteiger partial charge in [0.05, 0.1) is 5.52 Å². The number of nitrogens with two attached hydrogens (primary N) is 1. The lowest BCUT2D eigenvalue weighted by Gasteiger charge is -2.23. The zero-order chi connectivity index (χ0) is 13.7. The van der Waals surface area contributed by atoms with Gasteiger partial charge in [0.15, 0.2) is 0 Å². The fraction of sp³-hybridized carbons (Fsp3) is 0.467. The third-order valence-electron chi connectivity index (χ3n) is 4.02. The maximum atomic E-state index is 6.23. The zero-order valence-electron chi connectivity index (χ0n) is 11.8. The minimum atomic E-state index is -0.0239. The quantitative estimate of drug-likeness (QED) is 0.881. The molecule has 0 aliphatic carbocycles. The highest BCUT2D eigenvalue weighted by molar-refractivity contribution is 6.32. The van der Waals surface area contributed by atoms with Crippen molar-refractivity contribution in [2.45, 2.75) is 33.1 Å². The summed E-state index contributed by atoms with van der Waals surface area (Å²) in [5.41, 5.74) is 10.9. The number of benzene rings is 1. The molecule has 2 rings (SSSR count). The van der Waals surface area contributed by atoms with Gasteiger partial charge in [-0.2, -0.15) is 0 Å². The molecule has 0 amide bonds. The highest BCUT2D eigenvalue weighted by atomic mass is 35.5. The van der Waals surface area contributed by atoms with Gasteiger partial charge in [-0.3, -0.25) is 0 Å². The molecule has 0 aliphatic heterocycles. The van der Waals surface area contributed by atoms with Crippen LogP contribution in [0.3, 0.4) is 0 Å². The topological polar surface area (TPSA) is 30.9 Å². The number of aryl methyl sites for hydroxylation is 2. The normalized spacial score (nSPS) is 12.4. The lowest BCUT2D eigenvalue weighted by molar-refractivity contribution is 0.537. The van der Waals surface area contributed by atoms with Gasteiger partial charge in [0.1, 0.15) is 0 Å². The van der Waals surface area contributed by atoms with E-state index >= 15 is 0 Å². The van der Waals surface area contributed by atoms with E-state index in [1.165, 1.54) is 22.2 Å². The van der Waals surface area contributed by atoms with Crippen molar-refractivity contribution in [3.05, 3.63) is 34.0 Å². The SMILES string of the molecule is Cc1c(Cl)ccc2c(C(C)(C)CN)c(C)n(C)c12. The molecule has 0 spiro atoms. The van der Waals surface area contributed by atoms with Crippen molar-refractivity contribution in [2.75, 3.05) is 6.54 Å². The third-order valence-corrected chi connectivity index (χ3v) is 4.43. The van der Waals surface area contributed by atoms with Gasteiger partial charge in [-0.1, -0.05) is 31.5 Å². The molecule has 1 aromatic heterocycles. The molecule has 0 bridgehead atoms. The van der Waals surface area contributed by atoms with Crippen molar-refractivity contribution in [1.29, 1.82) is 0 Å². The van der Waals surface area contributed by atoms with E-state index in [-0.39, 0.29) is 5.41 Å². The van der Waals surface area contributed by atoms with Crippen molar-refractivity contribution in [3.8, 4) is 0 Å². The van der Waals surface area contributed by atoms with E-state index in [1.54, 1.807) is 0 Å². The molecule has 1 aromatic carbocycles. The summed E-state index contributed by atoms with van der Waals surface area (Å²) in [5.74, 6) is 0. The molecule has 2 aromatic rings. The van der Waals surface area contributed by atoms with E-state index in [2.05, 4.69) is 45.4 Å². The Morgan fingerprint density at radius 2 is 1.89 bits per heavy atom. The molecule has 0 aliphatic rings. The predicted octanol–water partition coefficient (Wildman–Crippen LogP) is 3.68. The minimum Gasteiger partial charge on any atom is -0.347 e. The first kappa shape index (κ1) is 13.4. The lowest BCUT2D eigenvalue weighted by Crippen LogP contribution is -2.28. The van der Waals surface area contributed by atoms with Crippen LogP contribution in [0.4, 0.5) is 0 Å². The molecule has 0 saturated heterocycles. The molecule has 98 valence electrons. The highest BCUT2D eigenvalue weighted by Gasteiger charge is 2.27. The minimum absolute atomic E-state index is 0.0239. The van der Waals surface area contributed by atoms with Crippen LogP contribution in [0.25, 0.3) is 10.9 Å². The van der Waals surface area contributed by atoms with Crippen molar-refractivity contribution < 1.29 is 0 Å². The second kappa shape index (κ2) is 4.29. The van der Waals surface area contributed by atoms with Gasteiger partial charge in [-0.15, -0.1) is 0 Å². The van der Waals surface area contributed by atoms with E-state index < -0.39 is 0 Å². The number of halogens is 1. The summed E-state index contributed by atoms with van der Waals surface area (Å²) in [6.45, 7) is 9.25. The monoisotopic (exact) mass is 264 g/mol. The number of fused-ring (bicyclic) bond motifs is 1. The second-order valence-electron chi connectivity index (χ2n) is 5.68. The number of hydrogen-bond acceptors (Lipinski definition) is 1. The Kier molecular flexibility index (Phi) is 3.20. The Labute approximate surface area is 114 Å². The van der Waals surface area contributed by atoms with Crippen molar-refractivity contribution in [1.82, 2.24) is 4.57 Å². The number of rotatable bonds is 2. The van der Waals surface area contributed by atoms with Crippen LogP contribution in [-0.2, 0) is 12.5 Å². The van der Waals surface area contributed by atoms with E-state index in [4.69, 9.17) is 17.3 Å². The standard InChI is InChI=1S/C15H21ClN2/c1-9-12(16)7-6-11-13(15(3,4)8-17)10(2)18(5)14(9)11/h6-7H,8,17H2,1-5H3. The smallest absolute Gasteiger partial charge is 0.0527 e. The highest BCUT2D eigenvalue weighted by Crippen LogP contribution is 2.37. The molecule has 0 unspecified atom stereocenters. The summed E-state index contributed by atoms with van der Waals surface area (Å²) < 4.78 is 2.23. The van der Waals surface area contributed by atoms with Crippen LogP contribution >= 0.6 is 11.6 Å². The first-order chi connectivity index (χ1) is 8.31. The predicted molar refractivity (Wildman–Crippen MR) is 79.5 cm³/mol. The lowest BCUT2D eigenvalue weighted by atomic mass is 9.83. The molecule has 0 saturated carbocycles. The van der Waals surface area contributed by atoms with Crippen LogP contribution in [0, 0.1) is 13.8 Å². The van der Waals surface area contributed by atoms with Gasteiger partial charge in [0.25, 0.3) is 0 Å². The fourth-order valence-electron chi connectivity index (χ4n) is 2.80. The van der Waals surface area contributed by atoms with Gasteiger partial charge in [-0.05, 0) is 31.0 Å². The zero-order valence-corrected chi connectivity index (χ0v) is 12.5. The van der Waals surface area contributed by atoms with Crippen molar-refractivity contribution >= 4 is 22.5 Å². The molecular formula is C15H21ClN2. The van der Waals surface area contributed by atoms with Gasteiger partial charge in [-0.25, -0.2) is 0 Å². The molecule has 0 radical (unpaired) electrons. The molecule has 2 nitrogen and oxygen atoms in total. The first-order valence-corrected chi connectivity index (χ1v) is 6.63. The van der Waals surface area contributed by atoms with E-state index in [0.29, 0.717) is 6.54 Å². The summed E-state index contributed by atoms with van der Waals surface area (Å²) >= 11 is 6.23. The van der Waals surface area contributed by atoms with Crippen LogP contribution in [-0.4, -0.2) is 11.1 Å². The summed E-state index contributed by atoms with van der Waals surface area (Å²) in [5, 5.41) is 2.09. The number of hydrogen-bond donors (Lipinski definition) is 1. The van der Waals surface area contributed by atoms with Gasteiger partial charge in [0, 0.05) is 35.1 Å². The molecule has 0 atom stereocenters. The van der Waals surface area contributed by atoms with E-state index in [9.17, 15) is 0 Å². The number of aromatic nitrogens is 1. The molecule has 1 heterocycles. The van der Waals surface area contributed by atoms with E-state index in [1.807, 2.05) is 6.07 Å². The Morgan fingerprint density at radius 3 is 2.44 bits per heavy atom. The second-order valence-corrected chi connectivity index (χ2v) is 6.08. The Morgan fingerprint density at radius 1 is 1.28 bits per heavy atom. The molecule has 3 heteroatoms. The average Bonchev–Trinajstić information content (AvgIpc) is 2.58. The summed E-state index contributed by atoms with van der Waals surface area (Å²) in [6, 6.07) is 4.10. The van der Waals surface area contributed by atoms with Crippen LogP contribution in [0.2, 0.25) is 5.02 Å². The fourth-order valence-corrected chi connectivity index (χ4v) is 2.95. The average molecular weight is 265 g/mol. The largest absolute Gasteiger partial charge is 0.347 e. The van der Waals surface area contributed by atoms with Crippen LogP contribution in [0.5, 0.6) is 0 Å². The third kappa shape index (κ3) is 1.75. The van der Waals surface area contributed by atoms with Gasteiger partial charge >= 0.3 is 0 Å². The first-order valence-electron chi connectivity index (χ1n) is 6.26. The molecular weight excluding hydrogens is 244 g/mol. The summed E-state index contributed by atoms with van der Waals surface area (Å²) in [7, 11) is 2.09. The molecule has 18 heavy (non-hydrogen) atoms. The summed E-state index contributed by atoms with van der Waals surface area (Å²) in [6.07, 6.45) is 0. The van der Waals surface area contributed by atoms with Crippen LogP contribution in [0.15, 0.2) is 12.1 Å². The van der Waals surface area contributed by atoms with Crippen molar-refractivity contribution in [2.24, 2.45) is 12.8 Å². The van der Waals surface area contributed by atoms with Crippen molar-refractivity contribution in [3.63, 3.8) is 0 Å². The van der Waals surface area contributed by atoms with Crippen LogP contribution < -0.4 is 5.73 Å². The van der Waals surface area contributed by atoms with Gasteiger partial charge < -0.3 is 10.3 Å². The van der Waals surface area contributed by atoms with Gasteiger partial charge in [0.2, 0.25) is 0 Å².